The minimum absolute atomic E-state index is 0.0113. The summed E-state index contributed by atoms with van der Waals surface area (Å²) in [5.41, 5.74) is -0.147. The molecule has 25 heavy (non-hydrogen) atoms. The second-order valence-electron chi connectivity index (χ2n) is 5.53. The summed E-state index contributed by atoms with van der Waals surface area (Å²) in [5.74, 6) is -1.39. The molecule has 10 heteroatoms. The lowest BCUT2D eigenvalue weighted by atomic mass is 10.1. The third kappa shape index (κ3) is 4.62. The summed E-state index contributed by atoms with van der Waals surface area (Å²) in [6.07, 6.45) is -4.72. The Balaban J connectivity index is 2.17. The Kier molecular flexibility index (Phi) is 5.56. The first-order valence-electron chi connectivity index (χ1n) is 7.26. The normalized spacial score (nSPS) is 16.4. The number of imide groups is 1. The van der Waals surface area contributed by atoms with Gasteiger partial charge < -0.3 is 9.80 Å². The third-order valence-corrected chi connectivity index (χ3v) is 4.00. The number of carbonyl (C=O) groups is 3. The number of hydrogen-bond acceptors (Lipinski definition) is 3. The van der Waals surface area contributed by atoms with Crippen molar-refractivity contribution in [2.75, 3.05) is 20.1 Å². The lowest BCUT2D eigenvalue weighted by Gasteiger charge is -2.33. The maximum atomic E-state index is 13.5. The number of amides is 4. The molecule has 2 rings (SSSR count). The quantitative estimate of drug-likeness (QED) is 0.875. The number of hydrogen-bond donors (Lipinski definition) is 1. The molecule has 1 atom stereocenters. The first-order chi connectivity index (χ1) is 11.6. The van der Waals surface area contributed by atoms with Crippen LogP contribution in [-0.2, 0) is 9.59 Å². The van der Waals surface area contributed by atoms with Crippen LogP contribution < -0.4 is 5.32 Å². The van der Waals surface area contributed by atoms with Gasteiger partial charge in [-0.15, -0.1) is 0 Å². The first kappa shape index (κ1) is 19.0. The van der Waals surface area contributed by atoms with E-state index in [1.807, 2.05) is 5.32 Å². The smallest absolute Gasteiger partial charge is 0.328 e. The van der Waals surface area contributed by atoms with Crippen LogP contribution in [0.3, 0.4) is 0 Å². The van der Waals surface area contributed by atoms with Crippen molar-refractivity contribution in [1.82, 2.24) is 15.1 Å². The van der Waals surface area contributed by atoms with Gasteiger partial charge in [0, 0.05) is 25.0 Å². The molecule has 0 aromatic heterocycles. The summed E-state index contributed by atoms with van der Waals surface area (Å²) in [4.78, 5) is 36.5. The summed E-state index contributed by atoms with van der Waals surface area (Å²) in [5, 5.41) is 2.28. The highest BCUT2D eigenvalue weighted by Crippen LogP contribution is 2.37. The van der Waals surface area contributed by atoms with E-state index in [1.165, 1.54) is 24.3 Å². The van der Waals surface area contributed by atoms with Crippen LogP contribution >= 0.6 is 11.6 Å². The van der Waals surface area contributed by atoms with E-state index in [0.29, 0.717) is 4.90 Å². The van der Waals surface area contributed by atoms with Crippen molar-refractivity contribution in [3.05, 3.63) is 34.9 Å². The van der Waals surface area contributed by atoms with E-state index < -0.39 is 36.6 Å². The SMILES string of the molecule is CN(C(=O)CN1CCC(=O)NC1=O)C(c1ccc(Cl)cc1)C(F)(F)F. The molecule has 0 bridgehead atoms. The zero-order valence-electron chi connectivity index (χ0n) is 13.1. The lowest BCUT2D eigenvalue weighted by molar-refractivity contribution is -0.189. The largest absolute Gasteiger partial charge is 0.413 e. The number of rotatable bonds is 4. The van der Waals surface area contributed by atoms with Crippen molar-refractivity contribution in [3.63, 3.8) is 0 Å². The molecule has 0 saturated carbocycles. The molecule has 1 aliphatic rings. The zero-order chi connectivity index (χ0) is 18.8. The predicted octanol–water partition coefficient (Wildman–Crippen LogP) is 2.34. The second kappa shape index (κ2) is 7.30. The number of nitrogens with zero attached hydrogens (tertiary/aromatic N) is 2. The van der Waals surface area contributed by atoms with Crippen LogP contribution in [0.25, 0.3) is 0 Å². The minimum Gasteiger partial charge on any atom is -0.328 e. The van der Waals surface area contributed by atoms with Crippen molar-refractivity contribution in [2.45, 2.75) is 18.6 Å². The van der Waals surface area contributed by atoms with Crippen LogP contribution in [-0.4, -0.2) is 54.0 Å². The number of likely N-dealkylation sites (N-methyl/N-ethyl adjacent to an activating group) is 1. The third-order valence-electron chi connectivity index (χ3n) is 3.74. The highest BCUT2D eigenvalue weighted by molar-refractivity contribution is 6.30. The summed E-state index contributed by atoms with van der Waals surface area (Å²) in [6.45, 7) is -0.586. The molecule has 1 aliphatic heterocycles. The highest BCUT2D eigenvalue weighted by Gasteiger charge is 2.45. The van der Waals surface area contributed by atoms with Gasteiger partial charge in [0.25, 0.3) is 0 Å². The zero-order valence-corrected chi connectivity index (χ0v) is 13.9. The Labute approximate surface area is 146 Å². The van der Waals surface area contributed by atoms with Gasteiger partial charge in [0.05, 0.1) is 0 Å². The molecule has 1 unspecified atom stereocenters. The Morgan fingerprint density at radius 2 is 1.92 bits per heavy atom. The van der Waals surface area contributed by atoms with Crippen LogP contribution in [0, 0.1) is 0 Å². The van der Waals surface area contributed by atoms with Crippen LogP contribution in [0.4, 0.5) is 18.0 Å². The Bertz CT molecular complexity index is 679. The van der Waals surface area contributed by atoms with Gasteiger partial charge >= 0.3 is 12.2 Å². The van der Waals surface area contributed by atoms with Gasteiger partial charge in [-0.25, -0.2) is 4.79 Å². The number of nitrogens with one attached hydrogen (secondary N) is 1. The Hall–Kier alpha value is -2.29. The van der Waals surface area contributed by atoms with E-state index in [1.54, 1.807) is 0 Å². The van der Waals surface area contributed by atoms with Gasteiger partial charge in [0.15, 0.2) is 6.04 Å². The van der Waals surface area contributed by atoms with Crippen LogP contribution in [0.15, 0.2) is 24.3 Å². The molecule has 1 fully saturated rings. The molecule has 1 aromatic carbocycles. The molecule has 0 spiro atoms. The Morgan fingerprint density at radius 3 is 2.44 bits per heavy atom. The van der Waals surface area contributed by atoms with Crippen molar-refractivity contribution >= 4 is 29.4 Å². The monoisotopic (exact) mass is 377 g/mol. The number of benzene rings is 1. The molecular formula is C15H15ClF3N3O3. The maximum absolute atomic E-state index is 13.5. The van der Waals surface area contributed by atoms with Gasteiger partial charge in [0.2, 0.25) is 11.8 Å². The van der Waals surface area contributed by atoms with Crippen LogP contribution in [0.2, 0.25) is 5.02 Å². The fraction of sp³-hybridized carbons (Fsp3) is 0.400. The second-order valence-corrected chi connectivity index (χ2v) is 5.96. The molecule has 0 radical (unpaired) electrons. The van der Waals surface area contributed by atoms with Gasteiger partial charge in [0.1, 0.15) is 6.54 Å². The molecule has 1 N–H and O–H groups in total. The average Bonchev–Trinajstić information content (AvgIpc) is 2.50. The molecule has 0 aliphatic carbocycles. The number of carbonyl (C=O) groups excluding carboxylic acids is 3. The predicted molar refractivity (Wildman–Crippen MR) is 82.7 cm³/mol. The van der Waals surface area contributed by atoms with Crippen molar-refractivity contribution in [2.24, 2.45) is 0 Å². The maximum Gasteiger partial charge on any atom is 0.413 e. The van der Waals surface area contributed by atoms with Gasteiger partial charge in [-0.05, 0) is 17.7 Å². The van der Waals surface area contributed by atoms with Crippen molar-refractivity contribution in [1.29, 1.82) is 0 Å². The fourth-order valence-electron chi connectivity index (χ4n) is 2.45. The van der Waals surface area contributed by atoms with E-state index in [9.17, 15) is 27.6 Å². The molecule has 136 valence electrons. The standard InChI is InChI=1S/C15H15ClF3N3O3/c1-21(12(24)8-22-7-6-11(23)20-14(22)25)13(15(17,18)19)9-2-4-10(16)5-3-9/h2-5,13H,6-8H2,1H3,(H,20,23,25). The van der Waals surface area contributed by atoms with E-state index in [2.05, 4.69) is 0 Å². The fourth-order valence-corrected chi connectivity index (χ4v) is 2.57. The van der Waals surface area contributed by atoms with E-state index in [4.69, 9.17) is 11.6 Å². The number of halogens is 4. The van der Waals surface area contributed by atoms with Crippen LogP contribution in [0.5, 0.6) is 0 Å². The first-order valence-corrected chi connectivity index (χ1v) is 7.64. The molecule has 1 heterocycles. The van der Waals surface area contributed by atoms with E-state index in [-0.39, 0.29) is 23.6 Å². The summed E-state index contributed by atoms with van der Waals surface area (Å²) >= 11 is 5.69. The van der Waals surface area contributed by atoms with Gasteiger partial charge in [-0.3, -0.25) is 14.9 Å². The minimum atomic E-state index is -4.71. The topological polar surface area (TPSA) is 69.7 Å². The molecule has 1 saturated heterocycles. The summed E-state index contributed by atoms with van der Waals surface area (Å²) in [6, 6.07) is 2.02. The molecule has 6 nitrogen and oxygen atoms in total. The highest BCUT2D eigenvalue weighted by atomic mass is 35.5. The molecule has 4 amide bonds. The summed E-state index contributed by atoms with van der Waals surface area (Å²) in [7, 11) is 1.02. The van der Waals surface area contributed by atoms with Crippen molar-refractivity contribution in [3.8, 4) is 0 Å². The van der Waals surface area contributed by atoms with Crippen molar-refractivity contribution < 1.29 is 27.6 Å². The van der Waals surface area contributed by atoms with E-state index >= 15 is 0 Å². The average molecular weight is 378 g/mol. The van der Waals surface area contributed by atoms with Gasteiger partial charge in [-0.2, -0.15) is 13.2 Å². The number of urea groups is 1. The van der Waals surface area contributed by atoms with Gasteiger partial charge in [-0.1, -0.05) is 23.7 Å². The molecular weight excluding hydrogens is 363 g/mol. The number of alkyl halides is 3. The van der Waals surface area contributed by atoms with Crippen LogP contribution in [0.1, 0.15) is 18.0 Å². The lowest BCUT2D eigenvalue weighted by Crippen LogP contribution is -2.53. The van der Waals surface area contributed by atoms with E-state index in [0.717, 1.165) is 11.9 Å². The summed E-state index contributed by atoms with van der Waals surface area (Å²) < 4.78 is 40.4. The Morgan fingerprint density at radius 1 is 1.32 bits per heavy atom. The molecule has 1 aromatic rings.